The van der Waals surface area contributed by atoms with Gasteiger partial charge in [-0.25, -0.2) is 18.0 Å². The van der Waals surface area contributed by atoms with Crippen molar-refractivity contribution in [3.05, 3.63) is 58.1 Å². The number of sulfonamides is 1. The van der Waals surface area contributed by atoms with Gasteiger partial charge in [-0.2, -0.15) is 0 Å². The lowest BCUT2D eigenvalue weighted by atomic mass is 10.1. The molecule has 0 fully saturated rings. The Hall–Kier alpha value is -2.92. The Morgan fingerprint density at radius 1 is 1.00 bits per heavy atom. The molecule has 1 amide bonds. The van der Waals surface area contributed by atoms with Crippen LogP contribution in [0.3, 0.4) is 0 Å². The maximum absolute atomic E-state index is 12.6. The average molecular weight is 499 g/mol. The zero-order chi connectivity index (χ0) is 22.5. The van der Waals surface area contributed by atoms with E-state index >= 15 is 0 Å². The van der Waals surface area contributed by atoms with Crippen molar-refractivity contribution in [1.82, 2.24) is 0 Å². The van der Waals surface area contributed by atoms with E-state index in [9.17, 15) is 22.8 Å². The third-order valence-corrected chi connectivity index (χ3v) is 5.59. The molecule has 2 rings (SSSR count). The van der Waals surface area contributed by atoms with Crippen LogP contribution >= 0.6 is 15.9 Å². The number of nitrogens with one attached hydrogen (secondary N) is 1. The Morgan fingerprint density at radius 3 is 2.13 bits per heavy atom. The number of carbonyl (C=O) groups excluding carboxylic acids is 3. The molecule has 0 spiro atoms. The Bertz CT molecular complexity index is 1070. The van der Waals surface area contributed by atoms with Gasteiger partial charge < -0.3 is 14.8 Å². The summed E-state index contributed by atoms with van der Waals surface area (Å²) in [5.74, 6) is -2.14. The Kier molecular flexibility index (Phi) is 7.57. The van der Waals surface area contributed by atoms with Gasteiger partial charge in [0.15, 0.2) is 0 Å². The SMILES string of the molecule is COC(=O)c1ccc(C(=O)OC)c(NC(=O)CN(c2ccc(Br)cc2)S(C)(=O)=O)c1. The lowest BCUT2D eigenvalue weighted by Gasteiger charge is -2.22. The molecule has 11 heteroatoms. The van der Waals surface area contributed by atoms with Crippen LogP contribution in [0, 0.1) is 0 Å². The molecule has 160 valence electrons. The molecule has 0 heterocycles. The molecule has 0 radical (unpaired) electrons. The van der Waals surface area contributed by atoms with Crippen LogP contribution in [0.5, 0.6) is 0 Å². The molecule has 0 bridgehead atoms. The highest BCUT2D eigenvalue weighted by molar-refractivity contribution is 9.10. The number of rotatable bonds is 7. The van der Waals surface area contributed by atoms with Crippen molar-refractivity contribution in [2.45, 2.75) is 0 Å². The van der Waals surface area contributed by atoms with Crippen molar-refractivity contribution in [2.75, 3.05) is 36.6 Å². The smallest absolute Gasteiger partial charge is 0.339 e. The first-order valence-corrected chi connectivity index (χ1v) is 11.0. The minimum absolute atomic E-state index is 0.00643. The summed E-state index contributed by atoms with van der Waals surface area (Å²) in [5, 5.41) is 2.47. The summed E-state index contributed by atoms with van der Waals surface area (Å²) in [6.07, 6.45) is 0.972. The van der Waals surface area contributed by atoms with Gasteiger partial charge in [-0.1, -0.05) is 15.9 Å². The van der Waals surface area contributed by atoms with Crippen molar-refractivity contribution >= 4 is 55.2 Å². The molecule has 0 aliphatic carbocycles. The maximum Gasteiger partial charge on any atom is 0.339 e. The minimum atomic E-state index is -3.78. The Balaban J connectivity index is 2.35. The van der Waals surface area contributed by atoms with E-state index in [2.05, 4.69) is 30.7 Å². The van der Waals surface area contributed by atoms with Crippen LogP contribution in [0.4, 0.5) is 11.4 Å². The van der Waals surface area contributed by atoms with Gasteiger partial charge in [-0.3, -0.25) is 9.10 Å². The second-order valence-electron chi connectivity index (χ2n) is 6.04. The molecule has 2 aromatic rings. The summed E-state index contributed by atoms with van der Waals surface area (Å²) >= 11 is 3.26. The molecule has 2 aromatic carbocycles. The number of ether oxygens (including phenoxy) is 2. The van der Waals surface area contributed by atoms with Crippen molar-refractivity contribution in [3.63, 3.8) is 0 Å². The molecule has 0 aromatic heterocycles. The van der Waals surface area contributed by atoms with Gasteiger partial charge in [-0.15, -0.1) is 0 Å². The van der Waals surface area contributed by atoms with E-state index in [-0.39, 0.29) is 22.5 Å². The fourth-order valence-corrected chi connectivity index (χ4v) is 3.63. The molecule has 1 N–H and O–H groups in total. The predicted octanol–water partition coefficient (Wildman–Crippen LogP) is 2.43. The molecule has 0 aliphatic rings. The van der Waals surface area contributed by atoms with Crippen LogP contribution in [0.15, 0.2) is 46.9 Å². The fraction of sp³-hybridized carbons (Fsp3) is 0.211. The van der Waals surface area contributed by atoms with Crippen LogP contribution in [0.1, 0.15) is 20.7 Å². The summed E-state index contributed by atoms with van der Waals surface area (Å²) in [4.78, 5) is 36.4. The summed E-state index contributed by atoms with van der Waals surface area (Å²) in [5.41, 5.74) is 0.354. The molecule has 0 aliphatic heterocycles. The van der Waals surface area contributed by atoms with E-state index in [0.29, 0.717) is 0 Å². The second kappa shape index (κ2) is 9.72. The molecule has 0 saturated carbocycles. The van der Waals surface area contributed by atoms with Gasteiger partial charge in [0.2, 0.25) is 15.9 Å². The Labute approximate surface area is 182 Å². The molecule has 0 saturated heterocycles. The van der Waals surface area contributed by atoms with Crippen LogP contribution in [0.25, 0.3) is 0 Å². The van der Waals surface area contributed by atoms with Crippen LogP contribution < -0.4 is 9.62 Å². The number of methoxy groups -OCH3 is 2. The van der Waals surface area contributed by atoms with Crippen molar-refractivity contribution in [1.29, 1.82) is 0 Å². The minimum Gasteiger partial charge on any atom is -0.465 e. The monoisotopic (exact) mass is 498 g/mol. The lowest BCUT2D eigenvalue weighted by molar-refractivity contribution is -0.114. The molecular formula is C19H19BrN2O7S. The number of benzene rings is 2. The normalized spacial score (nSPS) is 10.8. The summed E-state index contributed by atoms with van der Waals surface area (Å²) in [7, 11) is -1.42. The average Bonchev–Trinajstić information content (AvgIpc) is 2.70. The van der Waals surface area contributed by atoms with Crippen molar-refractivity contribution < 1.29 is 32.3 Å². The lowest BCUT2D eigenvalue weighted by Crippen LogP contribution is -2.37. The topological polar surface area (TPSA) is 119 Å². The number of nitrogens with zero attached hydrogens (tertiary/aromatic N) is 1. The number of anilines is 2. The van der Waals surface area contributed by atoms with Crippen LogP contribution in [-0.2, 0) is 24.3 Å². The first kappa shape index (κ1) is 23.4. The summed E-state index contributed by atoms with van der Waals surface area (Å²) < 4.78 is 35.4. The van der Waals surface area contributed by atoms with Gasteiger partial charge in [-0.05, 0) is 42.5 Å². The van der Waals surface area contributed by atoms with E-state index in [1.807, 2.05) is 0 Å². The van der Waals surface area contributed by atoms with E-state index in [4.69, 9.17) is 0 Å². The van der Waals surface area contributed by atoms with Gasteiger partial charge >= 0.3 is 11.9 Å². The predicted molar refractivity (Wildman–Crippen MR) is 114 cm³/mol. The van der Waals surface area contributed by atoms with E-state index in [0.717, 1.165) is 15.0 Å². The van der Waals surface area contributed by atoms with E-state index < -0.39 is 34.4 Å². The van der Waals surface area contributed by atoms with Crippen LogP contribution in [-0.4, -0.2) is 53.3 Å². The van der Waals surface area contributed by atoms with Gasteiger partial charge in [0.1, 0.15) is 6.54 Å². The summed E-state index contributed by atoms with van der Waals surface area (Å²) in [6.45, 7) is -0.552. The third kappa shape index (κ3) is 5.80. The molecular weight excluding hydrogens is 480 g/mol. The zero-order valence-electron chi connectivity index (χ0n) is 16.3. The first-order valence-electron chi connectivity index (χ1n) is 8.40. The van der Waals surface area contributed by atoms with E-state index in [1.165, 1.54) is 44.6 Å². The van der Waals surface area contributed by atoms with Crippen LogP contribution in [0.2, 0.25) is 0 Å². The number of carbonyl (C=O) groups is 3. The quantitative estimate of drug-likeness (QED) is 0.582. The highest BCUT2D eigenvalue weighted by atomic mass is 79.9. The molecule has 9 nitrogen and oxygen atoms in total. The number of halogens is 1. The largest absolute Gasteiger partial charge is 0.465 e. The third-order valence-electron chi connectivity index (χ3n) is 3.92. The van der Waals surface area contributed by atoms with Gasteiger partial charge in [0.25, 0.3) is 0 Å². The number of amides is 1. The van der Waals surface area contributed by atoms with E-state index in [1.54, 1.807) is 12.1 Å². The highest BCUT2D eigenvalue weighted by Gasteiger charge is 2.23. The van der Waals surface area contributed by atoms with Gasteiger partial charge in [0, 0.05) is 4.47 Å². The zero-order valence-corrected chi connectivity index (χ0v) is 18.7. The number of hydrogen-bond donors (Lipinski definition) is 1. The maximum atomic E-state index is 12.6. The fourth-order valence-electron chi connectivity index (χ4n) is 2.51. The first-order chi connectivity index (χ1) is 14.1. The highest BCUT2D eigenvalue weighted by Crippen LogP contribution is 2.22. The number of esters is 2. The summed E-state index contributed by atoms with van der Waals surface area (Å²) in [6, 6.07) is 10.3. The standard InChI is InChI=1S/C19H19BrN2O7S/c1-28-18(24)12-4-9-15(19(25)29-2)16(10-12)21-17(23)11-22(30(3,26)27)14-7-5-13(20)6-8-14/h4-10H,11H2,1-3H3,(H,21,23). The van der Waals surface area contributed by atoms with Crippen molar-refractivity contribution in [3.8, 4) is 0 Å². The molecule has 0 atom stereocenters. The Morgan fingerprint density at radius 2 is 1.60 bits per heavy atom. The van der Waals surface area contributed by atoms with Crippen molar-refractivity contribution in [2.24, 2.45) is 0 Å². The van der Waals surface area contributed by atoms with Gasteiger partial charge in [0.05, 0.1) is 43.0 Å². The number of hydrogen-bond acceptors (Lipinski definition) is 7. The molecule has 30 heavy (non-hydrogen) atoms. The second-order valence-corrected chi connectivity index (χ2v) is 8.86. The molecule has 0 unspecified atom stereocenters.